The number of hydrogen-bond acceptors (Lipinski definition) is 6. The van der Waals surface area contributed by atoms with Crippen molar-refractivity contribution in [3.05, 3.63) is 52.7 Å². The molecule has 0 aliphatic carbocycles. The largest absolute Gasteiger partial charge is 0.478 e. The molecule has 0 spiro atoms. The number of carboxylic acid groups (broad SMARTS) is 1. The lowest BCUT2D eigenvalue weighted by Gasteiger charge is -2.34. The van der Waals surface area contributed by atoms with Crippen LogP contribution < -0.4 is 0 Å². The van der Waals surface area contributed by atoms with Gasteiger partial charge in [0.05, 0.1) is 30.4 Å². The van der Waals surface area contributed by atoms with Crippen LogP contribution >= 0.6 is 0 Å². The maximum absolute atomic E-state index is 15.0. The normalized spacial score (nSPS) is 16.5. The van der Waals surface area contributed by atoms with Crippen LogP contribution in [0.25, 0.3) is 22.4 Å². The second-order valence-electron chi connectivity index (χ2n) is 9.46. The number of carboxylic acids is 1. The Kier molecular flexibility index (Phi) is 6.50. The highest BCUT2D eigenvalue weighted by Gasteiger charge is 2.31. The second kappa shape index (κ2) is 9.26. The van der Waals surface area contributed by atoms with E-state index >= 15 is 0 Å². The Morgan fingerprint density at radius 1 is 1.23 bits per heavy atom. The molecule has 186 valence electrons. The number of aromatic nitrogens is 1. The van der Waals surface area contributed by atoms with Crippen LogP contribution in [0.3, 0.4) is 0 Å². The first-order valence-corrected chi connectivity index (χ1v) is 11.1. The van der Waals surface area contributed by atoms with E-state index in [-0.39, 0.29) is 31.0 Å². The lowest BCUT2D eigenvalue weighted by atomic mass is 9.98. The molecule has 1 saturated heterocycles. The zero-order valence-electron chi connectivity index (χ0n) is 19.9. The van der Waals surface area contributed by atoms with Crippen LogP contribution in [0.2, 0.25) is 0 Å². The molecule has 0 saturated carbocycles. The number of furan rings is 1. The molecule has 1 aliphatic rings. The van der Waals surface area contributed by atoms with Crippen molar-refractivity contribution in [2.24, 2.45) is 0 Å². The monoisotopic (exact) mass is 488 g/mol. The van der Waals surface area contributed by atoms with Gasteiger partial charge in [-0.1, -0.05) is 0 Å². The minimum absolute atomic E-state index is 0.0944. The number of fused-ring (bicyclic) bond motifs is 1. The molecule has 10 heteroatoms. The molecule has 1 aromatic carbocycles. The number of rotatable bonds is 4. The van der Waals surface area contributed by atoms with Gasteiger partial charge in [0.25, 0.3) is 0 Å². The topological polar surface area (TPSA) is 102 Å². The molecule has 0 bridgehead atoms. The van der Waals surface area contributed by atoms with Crippen molar-refractivity contribution < 1.29 is 37.4 Å². The SMILES string of the molecule is Cc1ccc2c(CC3CN(C(=O)OC(C)(C)C)CCO3)c(-c3c(F)cc(C(=O)O)cc3F)oc2n1. The highest BCUT2D eigenvalue weighted by atomic mass is 19.1. The Balaban J connectivity index is 1.72. The van der Waals surface area contributed by atoms with Crippen LogP contribution in [-0.4, -0.2) is 58.5 Å². The van der Waals surface area contributed by atoms with E-state index in [0.717, 1.165) is 12.1 Å². The Morgan fingerprint density at radius 2 is 1.91 bits per heavy atom. The smallest absolute Gasteiger partial charge is 0.410 e. The fourth-order valence-corrected chi connectivity index (χ4v) is 4.00. The minimum atomic E-state index is -1.45. The van der Waals surface area contributed by atoms with Gasteiger partial charge in [-0.25, -0.2) is 23.4 Å². The summed E-state index contributed by atoms with van der Waals surface area (Å²) in [5, 5.41) is 9.67. The Morgan fingerprint density at radius 3 is 2.54 bits per heavy atom. The van der Waals surface area contributed by atoms with Gasteiger partial charge < -0.3 is 23.9 Å². The first-order valence-electron chi connectivity index (χ1n) is 11.1. The molecule has 1 amide bonds. The highest BCUT2D eigenvalue weighted by Crippen LogP contribution is 2.37. The average molecular weight is 488 g/mol. The van der Waals surface area contributed by atoms with Crippen LogP contribution in [0, 0.1) is 18.6 Å². The lowest BCUT2D eigenvalue weighted by molar-refractivity contribution is -0.0414. The molecule has 1 atom stereocenters. The summed E-state index contributed by atoms with van der Waals surface area (Å²) in [5.74, 6) is -3.68. The number of halogens is 2. The predicted molar refractivity (Wildman–Crippen MR) is 122 cm³/mol. The molecule has 1 aliphatic heterocycles. The third-order valence-electron chi connectivity index (χ3n) is 5.54. The van der Waals surface area contributed by atoms with Gasteiger partial charge in [0.15, 0.2) is 0 Å². The molecule has 3 heterocycles. The van der Waals surface area contributed by atoms with Crippen molar-refractivity contribution in [3.8, 4) is 11.3 Å². The Bertz CT molecular complexity index is 1270. The summed E-state index contributed by atoms with van der Waals surface area (Å²) in [7, 11) is 0. The van der Waals surface area contributed by atoms with E-state index in [1.165, 1.54) is 4.90 Å². The summed E-state index contributed by atoms with van der Waals surface area (Å²) in [5.41, 5.74) is -0.365. The fraction of sp³-hybridized carbons (Fsp3) is 0.400. The van der Waals surface area contributed by atoms with Gasteiger partial charge in [0, 0.05) is 29.6 Å². The molecular formula is C25H26F2N2O6. The van der Waals surface area contributed by atoms with Crippen LogP contribution in [-0.2, 0) is 15.9 Å². The average Bonchev–Trinajstić information content (AvgIpc) is 3.09. The second-order valence-corrected chi connectivity index (χ2v) is 9.46. The zero-order chi connectivity index (χ0) is 25.5. The van der Waals surface area contributed by atoms with Crippen molar-refractivity contribution >= 4 is 23.2 Å². The van der Waals surface area contributed by atoms with Crippen molar-refractivity contribution in [2.75, 3.05) is 19.7 Å². The number of carbonyl (C=O) groups is 2. The van der Waals surface area contributed by atoms with Crippen molar-refractivity contribution in [3.63, 3.8) is 0 Å². The van der Waals surface area contributed by atoms with E-state index in [1.54, 1.807) is 39.8 Å². The van der Waals surface area contributed by atoms with Crippen LogP contribution in [0.1, 0.15) is 42.4 Å². The third kappa shape index (κ3) is 5.27. The van der Waals surface area contributed by atoms with Gasteiger partial charge in [0.1, 0.15) is 23.0 Å². The van der Waals surface area contributed by atoms with E-state index in [1.807, 2.05) is 0 Å². The first kappa shape index (κ1) is 24.6. The summed E-state index contributed by atoms with van der Waals surface area (Å²) in [6.07, 6.45) is -0.797. The Hall–Kier alpha value is -3.53. The van der Waals surface area contributed by atoms with Crippen molar-refractivity contribution in [1.82, 2.24) is 9.88 Å². The molecule has 35 heavy (non-hydrogen) atoms. The standard InChI is InChI=1S/C25H26F2N2O6/c1-13-5-6-16-17(11-15-12-29(7-8-33-15)24(32)35-25(2,3)4)21(34-22(16)28-13)20-18(26)9-14(23(30)31)10-19(20)27/h5-6,9-10,15H,7-8,11-12H2,1-4H3,(H,30,31). The summed E-state index contributed by atoms with van der Waals surface area (Å²) >= 11 is 0. The number of carbonyl (C=O) groups excluding carboxylic acids is 1. The number of benzene rings is 1. The summed E-state index contributed by atoms with van der Waals surface area (Å²) in [6.45, 7) is 7.92. The van der Waals surface area contributed by atoms with Gasteiger partial charge in [-0.2, -0.15) is 0 Å². The highest BCUT2D eigenvalue weighted by molar-refractivity contribution is 5.90. The summed E-state index contributed by atoms with van der Waals surface area (Å²) in [4.78, 5) is 29.6. The minimum Gasteiger partial charge on any atom is -0.478 e. The van der Waals surface area contributed by atoms with Gasteiger partial charge >= 0.3 is 12.1 Å². The van der Waals surface area contributed by atoms with Crippen LogP contribution in [0.5, 0.6) is 0 Å². The van der Waals surface area contributed by atoms with E-state index in [0.29, 0.717) is 23.2 Å². The van der Waals surface area contributed by atoms with Gasteiger partial charge in [-0.05, 0) is 52.0 Å². The number of aryl methyl sites for hydroxylation is 1. The predicted octanol–water partition coefficient (Wildman–Crippen LogP) is 4.96. The zero-order valence-corrected chi connectivity index (χ0v) is 19.9. The maximum Gasteiger partial charge on any atom is 0.410 e. The van der Waals surface area contributed by atoms with Gasteiger partial charge in [0.2, 0.25) is 5.71 Å². The fourth-order valence-electron chi connectivity index (χ4n) is 4.00. The summed E-state index contributed by atoms with van der Waals surface area (Å²) in [6, 6.07) is 4.99. The molecule has 3 aromatic rings. The third-order valence-corrected chi connectivity index (χ3v) is 5.54. The maximum atomic E-state index is 15.0. The van der Waals surface area contributed by atoms with E-state index in [9.17, 15) is 18.4 Å². The number of ether oxygens (including phenoxy) is 2. The molecular weight excluding hydrogens is 462 g/mol. The van der Waals surface area contributed by atoms with E-state index < -0.39 is 46.5 Å². The van der Waals surface area contributed by atoms with Gasteiger partial charge in [-0.15, -0.1) is 0 Å². The molecule has 2 aromatic heterocycles. The number of amides is 1. The van der Waals surface area contributed by atoms with E-state index in [4.69, 9.17) is 19.0 Å². The number of pyridine rings is 1. The Labute approximate surface area is 200 Å². The van der Waals surface area contributed by atoms with Gasteiger partial charge in [-0.3, -0.25) is 0 Å². The first-order chi connectivity index (χ1) is 16.4. The van der Waals surface area contributed by atoms with Crippen molar-refractivity contribution in [2.45, 2.75) is 45.8 Å². The molecule has 1 N–H and O–H groups in total. The van der Waals surface area contributed by atoms with Crippen LogP contribution in [0.15, 0.2) is 28.7 Å². The quantitative estimate of drug-likeness (QED) is 0.554. The number of hydrogen-bond donors (Lipinski definition) is 1. The molecule has 0 radical (unpaired) electrons. The van der Waals surface area contributed by atoms with E-state index in [2.05, 4.69) is 4.98 Å². The molecule has 4 rings (SSSR count). The van der Waals surface area contributed by atoms with Crippen LogP contribution in [0.4, 0.5) is 13.6 Å². The molecule has 1 fully saturated rings. The molecule has 8 nitrogen and oxygen atoms in total. The molecule has 1 unspecified atom stereocenters. The van der Waals surface area contributed by atoms with Crippen molar-refractivity contribution in [1.29, 1.82) is 0 Å². The summed E-state index contributed by atoms with van der Waals surface area (Å²) < 4.78 is 47.1. The number of aromatic carboxylic acids is 1. The lowest BCUT2D eigenvalue weighted by Crippen LogP contribution is -2.48. The number of nitrogens with zero attached hydrogens (tertiary/aromatic N) is 2. The number of morpholine rings is 1.